The van der Waals surface area contributed by atoms with Crippen LogP contribution in [0.25, 0.3) is 0 Å². The molecule has 92 valence electrons. The largest absolute Gasteiger partial charge is 0.478 e. The van der Waals surface area contributed by atoms with E-state index in [4.69, 9.17) is 5.11 Å². The summed E-state index contributed by atoms with van der Waals surface area (Å²) in [5.41, 5.74) is 2.61. The first-order valence-electron chi connectivity index (χ1n) is 5.47. The minimum atomic E-state index is -0.877. The van der Waals surface area contributed by atoms with E-state index in [2.05, 4.69) is 34.2 Å². The Morgan fingerprint density at radius 2 is 2.24 bits per heavy atom. The summed E-state index contributed by atoms with van der Waals surface area (Å²) in [6, 6.07) is 6.03. The van der Waals surface area contributed by atoms with Crippen molar-refractivity contribution < 1.29 is 9.90 Å². The van der Waals surface area contributed by atoms with E-state index in [-0.39, 0.29) is 0 Å². The molecule has 0 unspecified atom stereocenters. The molecule has 0 amide bonds. The summed E-state index contributed by atoms with van der Waals surface area (Å²) >= 11 is 3.43. The molecule has 1 aromatic rings. The van der Waals surface area contributed by atoms with Crippen LogP contribution in [0.3, 0.4) is 0 Å². The van der Waals surface area contributed by atoms with Gasteiger partial charge in [0.05, 0.1) is 0 Å². The minimum Gasteiger partial charge on any atom is -0.478 e. The van der Waals surface area contributed by atoms with Crippen LogP contribution in [-0.4, -0.2) is 17.6 Å². The highest BCUT2D eigenvalue weighted by Gasteiger charge is 2.01. The van der Waals surface area contributed by atoms with Gasteiger partial charge in [-0.25, -0.2) is 4.79 Å². The Hall–Kier alpha value is -1.29. The number of carboxylic acid groups (broad SMARTS) is 1. The summed E-state index contributed by atoms with van der Waals surface area (Å²) in [5.74, 6) is -0.877. The van der Waals surface area contributed by atoms with Crippen molar-refractivity contribution in [1.82, 2.24) is 0 Å². The van der Waals surface area contributed by atoms with E-state index in [1.807, 2.05) is 12.1 Å². The molecule has 0 spiro atoms. The van der Waals surface area contributed by atoms with Gasteiger partial charge >= 0.3 is 5.97 Å². The lowest BCUT2D eigenvalue weighted by molar-refractivity contribution is -0.132. The van der Waals surface area contributed by atoms with Crippen molar-refractivity contribution >= 4 is 27.6 Å². The number of anilines is 1. The zero-order chi connectivity index (χ0) is 12.8. The Morgan fingerprint density at radius 1 is 1.53 bits per heavy atom. The molecular weight excluding hydrogens is 282 g/mol. The van der Waals surface area contributed by atoms with Crippen LogP contribution in [0.15, 0.2) is 34.3 Å². The molecule has 0 heterocycles. The summed E-state index contributed by atoms with van der Waals surface area (Å²) in [6.07, 6.45) is 2.60. The van der Waals surface area contributed by atoms with Crippen molar-refractivity contribution in [3.63, 3.8) is 0 Å². The van der Waals surface area contributed by atoms with E-state index in [0.29, 0.717) is 12.1 Å². The minimum absolute atomic E-state index is 0.354. The van der Waals surface area contributed by atoms with Crippen LogP contribution < -0.4 is 5.32 Å². The summed E-state index contributed by atoms with van der Waals surface area (Å²) in [4.78, 5) is 10.6. The molecular formula is C13H16BrNO2. The highest BCUT2D eigenvalue weighted by atomic mass is 79.9. The maximum atomic E-state index is 10.6. The second-order valence-corrected chi connectivity index (χ2v) is 4.64. The zero-order valence-electron chi connectivity index (χ0n) is 9.96. The van der Waals surface area contributed by atoms with Gasteiger partial charge in [-0.1, -0.05) is 28.9 Å². The molecule has 1 aromatic carbocycles. The van der Waals surface area contributed by atoms with Crippen LogP contribution >= 0.6 is 15.9 Å². The number of aliphatic carboxylic acids is 1. The topological polar surface area (TPSA) is 49.3 Å². The van der Waals surface area contributed by atoms with E-state index >= 15 is 0 Å². The zero-order valence-corrected chi connectivity index (χ0v) is 11.5. The molecule has 0 saturated carbocycles. The average Bonchev–Trinajstić information content (AvgIpc) is 2.30. The van der Waals surface area contributed by atoms with Gasteiger partial charge in [-0.3, -0.25) is 0 Å². The quantitative estimate of drug-likeness (QED) is 0.819. The third-order valence-corrected chi connectivity index (χ3v) is 2.98. The van der Waals surface area contributed by atoms with Crippen molar-refractivity contribution in [2.75, 3.05) is 11.9 Å². The Bertz CT molecular complexity index is 441. The Morgan fingerprint density at radius 3 is 2.82 bits per heavy atom. The summed E-state index contributed by atoms with van der Waals surface area (Å²) < 4.78 is 1.05. The molecule has 3 nitrogen and oxygen atoms in total. The van der Waals surface area contributed by atoms with Crippen LogP contribution in [0.4, 0.5) is 5.69 Å². The van der Waals surface area contributed by atoms with Crippen molar-refractivity contribution in [2.24, 2.45) is 0 Å². The number of hydrogen-bond donors (Lipinski definition) is 2. The van der Waals surface area contributed by atoms with E-state index in [1.54, 1.807) is 13.0 Å². The van der Waals surface area contributed by atoms with Gasteiger partial charge in [0.15, 0.2) is 0 Å². The number of halogens is 1. The van der Waals surface area contributed by atoms with Gasteiger partial charge in [0.25, 0.3) is 0 Å². The molecule has 0 fully saturated rings. The molecule has 0 aromatic heterocycles. The van der Waals surface area contributed by atoms with Crippen molar-refractivity contribution in [2.45, 2.75) is 20.3 Å². The molecule has 0 aliphatic heterocycles. The molecule has 0 atom stereocenters. The van der Waals surface area contributed by atoms with Gasteiger partial charge in [0, 0.05) is 22.3 Å². The third kappa shape index (κ3) is 4.23. The van der Waals surface area contributed by atoms with E-state index < -0.39 is 5.97 Å². The number of aryl methyl sites for hydroxylation is 1. The fourth-order valence-corrected chi connectivity index (χ4v) is 1.84. The molecule has 1 rings (SSSR count). The van der Waals surface area contributed by atoms with Gasteiger partial charge in [0.2, 0.25) is 0 Å². The second kappa shape index (κ2) is 6.45. The Balaban J connectivity index is 2.69. The highest BCUT2D eigenvalue weighted by Crippen LogP contribution is 2.21. The fraction of sp³-hybridized carbons (Fsp3) is 0.308. The fourth-order valence-electron chi connectivity index (χ4n) is 1.43. The maximum absolute atomic E-state index is 10.6. The first kappa shape index (κ1) is 13.8. The SMILES string of the molecule is CCc1cc(Br)ccc1NC/C=C(/C)C(=O)O. The van der Waals surface area contributed by atoms with E-state index in [0.717, 1.165) is 16.6 Å². The highest BCUT2D eigenvalue weighted by molar-refractivity contribution is 9.10. The lowest BCUT2D eigenvalue weighted by atomic mass is 10.1. The number of rotatable bonds is 5. The lowest BCUT2D eigenvalue weighted by Gasteiger charge is -2.09. The second-order valence-electron chi connectivity index (χ2n) is 3.73. The molecule has 4 heteroatoms. The first-order valence-corrected chi connectivity index (χ1v) is 6.26. The van der Waals surface area contributed by atoms with Crippen molar-refractivity contribution in [1.29, 1.82) is 0 Å². The maximum Gasteiger partial charge on any atom is 0.331 e. The number of benzene rings is 1. The van der Waals surface area contributed by atoms with Gasteiger partial charge < -0.3 is 10.4 Å². The van der Waals surface area contributed by atoms with Gasteiger partial charge in [-0.15, -0.1) is 0 Å². The number of hydrogen-bond acceptors (Lipinski definition) is 2. The van der Waals surface area contributed by atoms with Crippen LogP contribution in [0.1, 0.15) is 19.4 Å². The van der Waals surface area contributed by atoms with Crippen molar-refractivity contribution in [3.05, 3.63) is 39.9 Å². The van der Waals surface area contributed by atoms with Gasteiger partial charge in [-0.2, -0.15) is 0 Å². The van der Waals surface area contributed by atoms with Crippen LogP contribution in [0.2, 0.25) is 0 Å². The first-order chi connectivity index (χ1) is 8.04. The Kier molecular flexibility index (Phi) is 5.22. The van der Waals surface area contributed by atoms with Gasteiger partial charge in [-0.05, 0) is 37.1 Å². The summed E-state index contributed by atoms with van der Waals surface area (Å²) in [6.45, 7) is 4.20. The number of carboxylic acids is 1. The smallest absolute Gasteiger partial charge is 0.331 e. The molecule has 0 radical (unpaired) electrons. The lowest BCUT2D eigenvalue weighted by Crippen LogP contribution is -2.04. The average molecular weight is 298 g/mol. The number of carbonyl (C=O) groups is 1. The van der Waals surface area contributed by atoms with E-state index in [1.165, 1.54) is 5.56 Å². The predicted octanol–water partition coefficient (Wildman–Crippen LogP) is 3.45. The monoisotopic (exact) mass is 297 g/mol. The van der Waals surface area contributed by atoms with Crippen LogP contribution in [0.5, 0.6) is 0 Å². The summed E-state index contributed by atoms with van der Waals surface area (Å²) in [7, 11) is 0. The molecule has 2 N–H and O–H groups in total. The summed E-state index contributed by atoms with van der Waals surface area (Å²) in [5, 5.41) is 11.9. The predicted molar refractivity (Wildman–Crippen MR) is 73.4 cm³/mol. The van der Waals surface area contributed by atoms with Gasteiger partial charge in [0.1, 0.15) is 0 Å². The number of nitrogens with one attached hydrogen (secondary N) is 1. The van der Waals surface area contributed by atoms with Crippen LogP contribution in [-0.2, 0) is 11.2 Å². The molecule has 17 heavy (non-hydrogen) atoms. The molecule has 0 saturated heterocycles. The van der Waals surface area contributed by atoms with Crippen molar-refractivity contribution in [3.8, 4) is 0 Å². The van der Waals surface area contributed by atoms with Crippen LogP contribution in [0, 0.1) is 0 Å². The third-order valence-electron chi connectivity index (χ3n) is 2.49. The van der Waals surface area contributed by atoms with E-state index in [9.17, 15) is 4.79 Å². The normalized spacial score (nSPS) is 11.4. The molecule has 0 aliphatic rings. The molecule has 0 bridgehead atoms. The molecule has 0 aliphatic carbocycles. The standard InChI is InChI=1S/C13H16BrNO2/c1-3-10-8-11(14)4-5-12(10)15-7-6-9(2)13(16)17/h4-6,8,15H,3,7H2,1-2H3,(H,16,17)/b9-6-. The Labute approximate surface area is 110 Å².